The molecule has 3 heterocycles. The number of pyridine rings is 1. The van der Waals surface area contributed by atoms with Crippen LogP contribution in [0.3, 0.4) is 0 Å². The third-order valence-corrected chi connectivity index (χ3v) is 7.03. The summed E-state index contributed by atoms with van der Waals surface area (Å²) in [5, 5.41) is 15.4. The van der Waals surface area contributed by atoms with Gasteiger partial charge in [-0.3, -0.25) is 4.98 Å². The van der Waals surface area contributed by atoms with Gasteiger partial charge in [-0.1, -0.05) is 52.3 Å². The largest absolute Gasteiger partial charge is 0.367 e. The lowest BCUT2D eigenvalue weighted by Gasteiger charge is -2.32. The number of fused-ring (bicyclic) bond motifs is 1. The van der Waals surface area contributed by atoms with E-state index in [0.29, 0.717) is 17.6 Å². The minimum Gasteiger partial charge on any atom is -0.367 e. The Morgan fingerprint density at radius 3 is 2.35 bits per heavy atom. The summed E-state index contributed by atoms with van der Waals surface area (Å²) in [6, 6.07) is 1.99. The van der Waals surface area contributed by atoms with Crippen molar-refractivity contribution < 1.29 is 9.84 Å². The number of nitrogens with zero attached hydrogens (tertiary/aromatic N) is 4. The topological polar surface area (TPSA) is 93.1 Å². The lowest BCUT2D eigenvalue weighted by molar-refractivity contribution is -0.213. The minimum absolute atomic E-state index is 0.160. The highest BCUT2D eigenvalue weighted by atomic mass is 32.2. The van der Waals surface area contributed by atoms with Gasteiger partial charge in [0.25, 0.3) is 0 Å². The summed E-state index contributed by atoms with van der Waals surface area (Å²) in [4.78, 5) is 18.7. The predicted octanol–water partition coefficient (Wildman–Crippen LogP) is 6.47. The summed E-state index contributed by atoms with van der Waals surface area (Å²) in [6.07, 6.45) is 5.55. The summed E-state index contributed by atoms with van der Waals surface area (Å²) in [5.41, 5.74) is 3.59. The van der Waals surface area contributed by atoms with Crippen molar-refractivity contribution in [2.75, 3.05) is 18.1 Å². The number of aryl methyl sites for hydroxylation is 2. The fourth-order valence-corrected chi connectivity index (χ4v) is 5.32. The maximum atomic E-state index is 10.3. The number of aromatic nitrogens is 4. The highest BCUT2D eigenvalue weighted by Gasteiger charge is 2.27. The standard InChI is InChI=1S/C23H33N5O2S2.C2H6/c1-8-15(9-2)16(30-23(5,6)29)12-25-20-18(13(3)26-22(28-20)31-7)21-27-19-14(4)24-11-10-17(19)32-21;1-2/h10-11,15-16,29H,8-9,12H2,1-7H3,(H,25,26,28);1-2H3/t16-;/m0./s1. The van der Waals surface area contributed by atoms with Gasteiger partial charge in [0.05, 0.1) is 27.8 Å². The zero-order valence-corrected chi connectivity index (χ0v) is 23.5. The van der Waals surface area contributed by atoms with Crippen LogP contribution in [0.5, 0.6) is 0 Å². The van der Waals surface area contributed by atoms with Gasteiger partial charge in [-0.25, -0.2) is 15.0 Å². The third-order valence-electron chi connectivity index (χ3n) is 5.44. The number of hydrogen-bond acceptors (Lipinski definition) is 9. The molecule has 7 nitrogen and oxygen atoms in total. The van der Waals surface area contributed by atoms with Gasteiger partial charge in [-0.15, -0.1) is 11.3 Å². The van der Waals surface area contributed by atoms with Crippen LogP contribution in [0.1, 0.15) is 65.8 Å². The van der Waals surface area contributed by atoms with Gasteiger partial charge >= 0.3 is 0 Å². The van der Waals surface area contributed by atoms with E-state index in [1.54, 1.807) is 25.2 Å². The Balaban J connectivity index is 0.00000199. The van der Waals surface area contributed by atoms with E-state index in [2.05, 4.69) is 29.1 Å². The van der Waals surface area contributed by atoms with E-state index in [4.69, 9.17) is 14.7 Å². The molecule has 9 heteroatoms. The molecule has 0 unspecified atom stereocenters. The van der Waals surface area contributed by atoms with E-state index in [1.807, 2.05) is 46.2 Å². The van der Waals surface area contributed by atoms with Crippen LogP contribution < -0.4 is 5.32 Å². The van der Waals surface area contributed by atoms with E-state index >= 15 is 0 Å². The first-order valence-corrected chi connectivity index (χ1v) is 14.0. The first kappa shape index (κ1) is 28.4. The zero-order valence-electron chi connectivity index (χ0n) is 21.9. The van der Waals surface area contributed by atoms with Gasteiger partial charge in [0.15, 0.2) is 10.9 Å². The van der Waals surface area contributed by atoms with Crippen molar-refractivity contribution in [1.29, 1.82) is 0 Å². The second-order valence-corrected chi connectivity index (χ2v) is 10.1. The quantitative estimate of drug-likeness (QED) is 0.184. The molecule has 2 N–H and O–H groups in total. The normalized spacial score (nSPS) is 12.6. The Labute approximate surface area is 212 Å². The molecular formula is C25H39N5O2S2. The van der Waals surface area contributed by atoms with Crippen molar-refractivity contribution in [3.63, 3.8) is 0 Å². The zero-order chi connectivity index (χ0) is 25.5. The number of aliphatic hydroxyl groups is 1. The first-order valence-electron chi connectivity index (χ1n) is 12.0. The molecule has 0 amide bonds. The molecule has 188 valence electrons. The van der Waals surface area contributed by atoms with E-state index in [9.17, 15) is 5.11 Å². The van der Waals surface area contributed by atoms with Gasteiger partial charge < -0.3 is 15.2 Å². The average molecular weight is 506 g/mol. The second-order valence-electron chi connectivity index (χ2n) is 8.34. The number of thioether (sulfide) groups is 1. The maximum Gasteiger partial charge on any atom is 0.189 e. The number of nitrogens with one attached hydrogen (secondary N) is 1. The van der Waals surface area contributed by atoms with Crippen LogP contribution in [0.4, 0.5) is 5.82 Å². The number of thiazole rings is 1. The van der Waals surface area contributed by atoms with Gasteiger partial charge in [0.1, 0.15) is 16.3 Å². The molecule has 0 spiro atoms. The number of hydrogen-bond donors (Lipinski definition) is 2. The van der Waals surface area contributed by atoms with Crippen molar-refractivity contribution in [3.05, 3.63) is 23.7 Å². The Morgan fingerprint density at radius 2 is 1.79 bits per heavy atom. The maximum absolute atomic E-state index is 10.3. The number of ether oxygens (including phenoxy) is 1. The smallest absolute Gasteiger partial charge is 0.189 e. The summed E-state index contributed by atoms with van der Waals surface area (Å²) < 4.78 is 7.11. The molecule has 34 heavy (non-hydrogen) atoms. The van der Waals surface area contributed by atoms with Gasteiger partial charge in [0.2, 0.25) is 0 Å². The molecule has 0 radical (unpaired) electrons. The van der Waals surface area contributed by atoms with Crippen molar-refractivity contribution in [3.8, 4) is 10.6 Å². The highest BCUT2D eigenvalue weighted by Crippen LogP contribution is 2.37. The molecule has 3 aromatic heterocycles. The second kappa shape index (κ2) is 12.8. The highest BCUT2D eigenvalue weighted by molar-refractivity contribution is 7.98. The van der Waals surface area contributed by atoms with E-state index in [-0.39, 0.29) is 6.10 Å². The molecule has 3 rings (SSSR count). The molecule has 0 saturated heterocycles. The fraction of sp³-hybridized carbons (Fsp3) is 0.600. The van der Waals surface area contributed by atoms with Gasteiger partial charge in [0, 0.05) is 12.7 Å². The first-order chi connectivity index (χ1) is 16.2. The van der Waals surface area contributed by atoms with E-state index in [1.165, 1.54) is 11.8 Å². The van der Waals surface area contributed by atoms with Crippen molar-refractivity contribution >= 4 is 39.1 Å². The van der Waals surface area contributed by atoms with E-state index < -0.39 is 5.79 Å². The van der Waals surface area contributed by atoms with Crippen molar-refractivity contribution in [2.24, 2.45) is 5.92 Å². The van der Waals surface area contributed by atoms with Crippen LogP contribution >= 0.6 is 23.1 Å². The van der Waals surface area contributed by atoms with Crippen molar-refractivity contribution in [1.82, 2.24) is 19.9 Å². The summed E-state index contributed by atoms with van der Waals surface area (Å²) in [5.74, 6) is -0.153. The Kier molecular flexibility index (Phi) is 10.7. The fourth-order valence-electron chi connectivity index (χ4n) is 3.80. The Bertz CT molecular complexity index is 1060. The number of anilines is 1. The van der Waals surface area contributed by atoms with Crippen LogP contribution in [0.2, 0.25) is 0 Å². The predicted molar refractivity (Wildman–Crippen MR) is 145 cm³/mol. The molecule has 0 aliphatic carbocycles. The minimum atomic E-state index is -1.21. The molecule has 3 aromatic rings. The lowest BCUT2D eigenvalue weighted by atomic mass is 9.96. The Morgan fingerprint density at radius 1 is 1.12 bits per heavy atom. The number of rotatable bonds is 10. The van der Waals surface area contributed by atoms with Gasteiger partial charge in [-0.2, -0.15) is 0 Å². The molecule has 0 aliphatic rings. The third kappa shape index (κ3) is 7.10. The molecule has 0 aromatic carbocycles. The van der Waals surface area contributed by atoms with Gasteiger partial charge in [-0.05, 0) is 45.9 Å². The molecule has 0 bridgehead atoms. The molecule has 1 atom stereocenters. The molecule has 0 aliphatic heterocycles. The summed E-state index contributed by atoms with van der Waals surface area (Å²) in [6.45, 7) is 16.1. The summed E-state index contributed by atoms with van der Waals surface area (Å²) in [7, 11) is 0. The molecule has 0 saturated carbocycles. The molecule has 0 fully saturated rings. The van der Waals surface area contributed by atoms with Crippen molar-refractivity contribution in [2.45, 2.75) is 85.3 Å². The molecular weight excluding hydrogens is 466 g/mol. The summed E-state index contributed by atoms with van der Waals surface area (Å²) >= 11 is 3.12. The van der Waals surface area contributed by atoms with E-state index in [0.717, 1.165) is 50.8 Å². The van der Waals surface area contributed by atoms with Crippen LogP contribution in [0.15, 0.2) is 17.4 Å². The van der Waals surface area contributed by atoms with Crippen LogP contribution in [-0.2, 0) is 4.74 Å². The monoisotopic (exact) mass is 505 g/mol. The lowest BCUT2D eigenvalue weighted by Crippen LogP contribution is -2.39. The SMILES string of the molecule is CC.CCC(CC)[C@H](CNc1nc(SC)nc(C)c1-c1nc2c(C)nccc2s1)OC(C)(C)O. The Hall–Kier alpha value is -1.81. The van der Waals surface area contributed by atoms with Crippen LogP contribution in [0, 0.1) is 19.8 Å². The van der Waals surface area contributed by atoms with Crippen LogP contribution in [-0.4, -0.2) is 49.7 Å². The average Bonchev–Trinajstić information content (AvgIpc) is 3.23. The van der Waals surface area contributed by atoms with Crippen LogP contribution in [0.25, 0.3) is 20.8 Å².